The lowest BCUT2D eigenvalue weighted by molar-refractivity contribution is 0.357. The number of rotatable bonds is 4. The number of hydrogen-bond acceptors (Lipinski definition) is 3. The van der Waals surface area contributed by atoms with Crippen molar-refractivity contribution in [1.82, 2.24) is 14.9 Å². The molecule has 4 heteroatoms. The maximum Gasteiger partial charge on any atom is 0.347 e. The third kappa shape index (κ3) is 4.57. The zero-order valence-electron chi connectivity index (χ0n) is 10.5. The zero-order chi connectivity index (χ0) is 12.2. The van der Waals surface area contributed by atoms with Gasteiger partial charge in [-0.1, -0.05) is 6.92 Å². The number of hydrogen-bond donors (Lipinski definition) is 1. The molecule has 0 fully saturated rings. The monoisotopic (exact) mass is 223 g/mol. The smallest absolute Gasteiger partial charge is 0.312 e. The molecule has 0 saturated carbocycles. The molecule has 4 nitrogen and oxygen atoms in total. The van der Waals surface area contributed by atoms with Crippen LogP contribution in [-0.4, -0.2) is 21.6 Å². The number of nitrogens with zero attached hydrogens (tertiary/aromatic N) is 2. The van der Waals surface area contributed by atoms with E-state index in [0.717, 1.165) is 6.54 Å². The first kappa shape index (κ1) is 12.9. The van der Waals surface area contributed by atoms with Crippen molar-refractivity contribution in [2.45, 2.75) is 39.8 Å². The Balaban J connectivity index is 2.49. The first-order valence-electron chi connectivity index (χ1n) is 5.65. The summed E-state index contributed by atoms with van der Waals surface area (Å²) < 4.78 is 1.65. The summed E-state index contributed by atoms with van der Waals surface area (Å²) in [5.41, 5.74) is -0.0566. The average Bonchev–Trinajstić information content (AvgIpc) is 2.18. The molecular formula is C12H21N3O. The second-order valence-electron chi connectivity index (χ2n) is 5.29. The van der Waals surface area contributed by atoms with Crippen molar-refractivity contribution in [3.05, 3.63) is 28.9 Å². The van der Waals surface area contributed by atoms with Gasteiger partial charge in [-0.25, -0.2) is 9.78 Å². The van der Waals surface area contributed by atoms with Crippen LogP contribution in [0.5, 0.6) is 0 Å². The second kappa shape index (κ2) is 5.25. The van der Waals surface area contributed by atoms with Gasteiger partial charge >= 0.3 is 5.69 Å². The molecule has 0 aliphatic rings. The Kier molecular flexibility index (Phi) is 4.24. The van der Waals surface area contributed by atoms with Crippen LogP contribution in [0, 0.1) is 5.92 Å². The molecule has 0 saturated heterocycles. The summed E-state index contributed by atoms with van der Waals surface area (Å²) in [6, 6.07) is 1.78. The molecule has 90 valence electrons. The molecule has 0 bridgehead atoms. The number of aromatic nitrogens is 2. The van der Waals surface area contributed by atoms with Crippen LogP contribution in [0.1, 0.15) is 27.7 Å². The van der Waals surface area contributed by atoms with Gasteiger partial charge in [0.15, 0.2) is 0 Å². The van der Waals surface area contributed by atoms with E-state index in [-0.39, 0.29) is 11.2 Å². The van der Waals surface area contributed by atoms with Crippen molar-refractivity contribution in [3.8, 4) is 0 Å². The minimum atomic E-state index is -0.176. The average molecular weight is 223 g/mol. The molecule has 1 N–H and O–H groups in total. The summed E-state index contributed by atoms with van der Waals surface area (Å²) in [5, 5.41) is 3.43. The first-order chi connectivity index (χ1) is 7.38. The Morgan fingerprint density at radius 3 is 2.75 bits per heavy atom. The maximum atomic E-state index is 11.4. The molecule has 1 atom stereocenters. The summed E-state index contributed by atoms with van der Waals surface area (Å²) in [6.07, 6.45) is 3.31. The molecule has 1 aromatic rings. The van der Waals surface area contributed by atoms with Crippen LogP contribution in [0.4, 0.5) is 0 Å². The fraction of sp³-hybridized carbons (Fsp3) is 0.667. The molecular weight excluding hydrogens is 202 g/mol. The topological polar surface area (TPSA) is 46.9 Å². The van der Waals surface area contributed by atoms with Crippen LogP contribution in [0.15, 0.2) is 23.3 Å². The Morgan fingerprint density at radius 2 is 2.19 bits per heavy atom. The molecule has 1 unspecified atom stereocenters. The van der Waals surface area contributed by atoms with Crippen LogP contribution in [0.2, 0.25) is 0 Å². The molecule has 1 heterocycles. The predicted molar refractivity (Wildman–Crippen MR) is 65.4 cm³/mol. The summed E-state index contributed by atoms with van der Waals surface area (Å²) >= 11 is 0. The van der Waals surface area contributed by atoms with Crippen molar-refractivity contribution < 1.29 is 0 Å². The Bertz CT molecular complexity index is 378. The van der Waals surface area contributed by atoms with Gasteiger partial charge in [-0.2, -0.15) is 0 Å². The highest BCUT2D eigenvalue weighted by Gasteiger charge is 2.11. The van der Waals surface area contributed by atoms with Crippen molar-refractivity contribution in [2.75, 3.05) is 6.54 Å². The molecule has 0 aliphatic carbocycles. The highest BCUT2D eigenvalue weighted by Crippen LogP contribution is 2.02. The van der Waals surface area contributed by atoms with Gasteiger partial charge in [0.2, 0.25) is 0 Å². The van der Waals surface area contributed by atoms with Gasteiger partial charge in [0, 0.05) is 24.5 Å². The fourth-order valence-electron chi connectivity index (χ4n) is 1.41. The standard InChI is InChI=1S/C12H21N3O/c1-10(8-14-12(2,3)4)9-15-7-5-6-13-11(15)16/h5-7,10,14H,8-9H2,1-4H3. The summed E-state index contributed by atoms with van der Waals surface area (Å²) in [5.74, 6) is 0.404. The van der Waals surface area contributed by atoms with E-state index >= 15 is 0 Å². The molecule has 0 spiro atoms. The van der Waals surface area contributed by atoms with E-state index in [0.29, 0.717) is 12.5 Å². The van der Waals surface area contributed by atoms with E-state index in [9.17, 15) is 4.79 Å². The zero-order valence-corrected chi connectivity index (χ0v) is 10.5. The van der Waals surface area contributed by atoms with E-state index in [1.165, 1.54) is 6.20 Å². The van der Waals surface area contributed by atoms with Gasteiger partial charge in [0.05, 0.1) is 0 Å². The molecule has 0 aliphatic heterocycles. The molecule has 1 rings (SSSR count). The van der Waals surface area contributed by atoms with E-state index in [1.54, 1.807) is 16.8 Å². The minimum Gasteiger partial charge on any atom is -0.312 e. The highest BCUT2D eigenvalue weighted by atomic mass is 16.1. The van der Waals surface area contributed by atoms with Crippen LogP contribution < -0.4 is 11.0 Å². The van der Waals surface area contributed by atoms with Crippen molar-refractivity contribution in [2.24, 2.45) is 5.92 Å². The third-order valence-corrected chi connectivity index (χ3v) is 2.27. The number of nitrogens with one attached hydrogen (secondary N) is 1. The van der Waals surface area contributed by atoms with Crippen molar-refractivity contribution in [1.29, 1.82) is 0 Å². The van der Waals surface area contributed by atoms with Crippen molar-refractivity contribution in [3.63, 3.8) is 0 Å². The highest BCUT2D eigenvalue weighted by molar-refractivity contribution is 4.82. The van der Waals surface area contributed by atoms with Crippen LogP contribution in [0.3, 0.4) is 0 Å². The van der Waals surface area contributed by atoms with E-state index in [4.69, 9.17) is 0 Å². The lowest BCUT2D eigenvalue weighted by atomic mass is 10.1. The van der Waals surface area contributed by atoms with E-state index in [2.05, 4.69) is 38.0 Å². The van der Waals surface area contributed by atoms with Gasteiger partial charge in [0.1, 0.15) is 0 Å². The van der Waals surface area contributed by atoms with Gasteiger partial charge < -0.3 is 5.32 Å². The Hall–Kier alpha value is -1.16. The van der Waals surface area contributed by atoms with Crippen LogP contribution in [-0.2, 0) is 6.54 Å². The molecule has 0 radical (unpaired) electrons. The van der Waals surface area contributed by atoms with Gasteiger partial charge in [-0.05, 0) is 39.3 Å². The first-order valence-corrected chi connectivity index (χ1v) is 5.65. The lowest BCUT2D eigenvalue weighted by Crippen LogP contribution is -2.40. The molecule has 0 aromatic carbocycles. The fourth-order valence-corrected chi connectivity index (χ4v) is 1.41. The van der Waals surface area contributed by atoms with Crippen LogP contribution in [0.25, 0.3) is 0 Å². The normalized spacial score (nSPS) is 13.8. The van der Waals surface area contributed by atoms with Gasteiger partial charge in [0.25, 0.3) is 0 Å². The summed E-state index contributed by atoms with van der Waals surface area (Å²) in [7, 11) is 0. The third-order valence-electron chi connectivity index (χ3n) is 2.27. The maximum absolute atomic E-state index is 11.4. The van der Waals surface area contributed by atoms with Crippen molar-refractivity contribution >= 4 is 0 Å². The molecule has 1 aromatic heterocycles. The molecule has 16 heavy (non-hydrogen) atoms. The predicted octanol–water partition coefficient (Wildman–Crippen LogP) is 1.27. The second-order valence-corrected chi connectivity index (χ2v) is 5.29. The van der Waals surface area contributed by atoms with E-state index in [1.807, 2.05) is 0 Å². The Labute approximate surface area is 96.7 Å². The molecule has 0 amide bonds. The Morgan fingerprint density at radius 1 is 1.50 bits per heavy atom. The SMILES string of the molecule is CC(CNC(C)(C)C)Cn1cccnc1=O. The lowest BCUT2D eigenvalue weighted by Gasteiger charge is -2.23. The van der Waals surface area contributed by atoms with Gasteiger partial charge in [-0.3, -0.25) is 4.57 Å². The van der Waals surface area contributed by atoms with Crippen LogP contribution >= 0.6 is 0 Å². The van der Waals surface area contributed by atoms with E-state index < -0.39 is 0 Å². The van der Waals surface area contributed by atoms with Gasteiger partial charge in [-0.15, -0.1) is 0 Å². The minimum absolute atomic E-state index is 0.119. The quantitative estimate of drug-likeness (QED) is 0.836. The largest absolute Gasteiger partial charge is 0.347 e. The summed E-state index contributed by atoms with van der Waals surface area (Å²) in [4.78, 5) is 15.1. The summed E-state index contributed by atoms with van der Waals surface area (Å²) in [6.45, 7) is 10.1.